The van der Waals surface area contributed by atoms with Crippen LogP contribution in [0.5, 0.6) is 11.5 Å². The van der Waals surface area contributed by atoms with Crippen molar-refractivity contribution in [3.63, 3.8) is 0 Å². The predicted molar refractivity (Wildman–Crippen MR) is 115 cm³/mol. The van der Waals surface area contributed by atoms with Crippen LogP contribution in [0.25, 0.3) is 0 Å². The monoisotopic (exact) mass is 435 g/mol. The number of carbonyl (C=O) groups is 2. The molecule has 31 heavy (non-hydrogen) atoms. The standard InChI is InChI=1S/C24H18ClNO5/c25-15-4-3-5-16(13-15)26-22(14-8-9-19-20(12-14)31-11-10-30-19)21(24(28)29)17-6-1-2-7-18(17)23(26)27/h1-9,12-13,21-22H,10-11H2,(H,28,29). The van der Waals surface area contributed by atoms with E-state index < -0.39 is 17.9 Å². The summed E-state index contributed by atoms with van der Waals surface area (Å²) in [6.07, 6.45) is 0. The second-order valence-electron chi connectivity index (χ2n) is 7.41. The highest BCUT2D eigenvalue weighted by molar-refractivity contribution is 6.31. The van der Waals surface area contributed by atoms with E-state index in [0.29, 0.717) is 52.1 Å². The molecule has 0 saturated heterocycles. The zero-order valence-corrected chi connectivity index (χ0v) is 17.1. The van der Waals surface area contributed by atoms with Gasteiger partial charge in [-0.15, -0.1) is 0 Å². The summed E-state index contributed by atoms with van der Waals surface area (Å²) in [5.74, 6) is -1.15. The van der Waals surface area contributed by atoms with E-state index in [-0.39, 0.29) is 5.91 Å². The fourth-order valence-electron chi connectivity index (χ4n) is 4.30. The van der Waals surface area contributed by atoms with Gasteiger partial charge in [-0.3, -0.25) is 14.5 Å². The van der Waals surface area contributed by atoms with Crippen LogP contribution in [0.4, 0.5) is 5.69 Å². The Bertz CT molecular complexity index is 1190. The number of anilines is 1. The topological polar surface area (TPSA) is 76.1 Å². The number of benzene rings is 3. The molecule has 0 radical (unpaired) electrons. The molecular weight excluding hydrogens is 418 g/mol. The van der Waals surface area contributed by atoms with Gasteiger partial charge < -0.3 is 14.6 Å². The van der Waals surface area contributed by atoms with Crippen molar-refractivity contribution in [2.24, 2.45) is 0 Å². The number of fused-ring (bicyclic) bond motifs is 2. The molecule has 2 heterocycles. The van der Waals surface area contributed by atoms with Crippen molar-refractivity contribution in [2.75, 3.05) is 18.1 Å². The maximum absolute atomic E-state index is 13.6. The van der Waals surface area contributed by atoms with Crippen LogP contribution in [0.2, 0.25) is 5.02 Å². The Balaban J connectivity index is 1.74. The van der Waals surface area contributed by atoms with E-state index in [4.69, 9.17) is 21.1 Å². The molecule has 6 nitrogen and oxygen atoms in total. The quantitative estimate of drug-likeness (QED) is 0.646. The van der Waals surface area contributed by atoms with Crippen molar-refractivity contribution < 1.29 is 24.2 Å². The first-order chi connectivity index (χ1) is 15.0. The summed E-state index contributed by atoms with van der Waals surface area (Å²) in [6, 6.07) is 18.2. The average Bonchev–Trinajstić information content (AvgIpc) is 2.78. The molecule has 5 rings (SSSR count). The molecule has 3 aromatic rings. The normalized spacial score (nSPS) is 19.6. The van der Waals surface area contributed by atoms with Gasteiger partial charge in [0.25, 0.3) is 5.91 Å². The number of aliphatic carboxylic acids is 1. The van der Waals surface area contributed by atoms with E-state index in [9.17, 15) is 14.7 Å². The van der Waals surface area contributed by atoms with Crippen LogP contribution in [0.3, 0.4) is 0 Å². The van der Waals surface area contributed by atoms with Crippen LogP contribution in [-0.2, 0) is 4.79 Å². The Labute approximate surface area is 183 Å². The number of hydrogen-bond donors (Lipinski definition) is 1. The molecular formula is C24H18ClNO5. The number of carbonyl (C=O) groups excluding carboxylic acids is 1. The van der Waals surface area contributed by atoms with Gasteiger partial charge >= 0.3 is 5.97 Å². The van der Waals surface area contributed by atoms with Gasteiger partial charge in [0.05, 0.1) is 6.04 Å². The summed E-state index contributed by atoms with van der Waals surface area (Å²) in [5.41, 5.74) is 2.01. The fraction of sp³-hybridized carbons (Fsp3) is 0.167. The molecule has 2 unspecified atom stereocenters. The first-order valence-corrected chi connectivity index (χ1v) is 10.2. The third-order valence-corrected chi connectivity index (χ3v) is 5.83. The lowest BCUT2D eigenvalue weighted by molar-refractivity contribution is -0.139. The molecule has 0 aromatic heterocycles. The van der Waals surface area contributed by atoms with Gasteiger partial charge in [-0.2, -0.15) is 0 Å². The SMILES string of the molecule is O=C(O)C1c2ccccc2C(=O)N(c2cccc(Cl)c2)C1c1ccc2c(c1)OCCO2. The maximum Gasteiger partial charge on any atom is 0.313 e. The van der Waals surface area contributed by atoms with Crippen molar-refractivity contribution in [3.8, 4) is 11.5 Å². The third kappa shape index (κ3) is 3.29. The molecule has 156 valence electrons. The van der Waals surface area contributed by atoms with E-state index in [1.54, 1.807) is 66.7 Å². The number of carboxylic acids is 1. The van der Waals surface area contributed by atoms with E-state index in [1.807, 2.05) is 0 Å². The zero-order chi connectivity index (χ0) is 21.5. The van der Waals surface area contributed by atoms with Gasteiger partial charge in [0.2, 0.25) is 0 Å². The number of amides is 1. The number of nitrogens with zero attached hydrogens (tertiary/aromatic N) is 1. The smallest absolute Gasteiger partial charge is 0.313 e. The summed E-state index contributed by atoms with van der Waals surface area (Å²) >= 11 is 6.21. The number of ether oxygens (including phenoxy) is 2. The lowest BCUT2D eigenvalue weighted by Gasteiger charge is -2.41. The molecule has 1 N–H and O–H groups in total. The molecule has 2 aliphatic rings. The first kappa shape index (κ1) is 19.5. The van der Waals surface area contributed by atoms with Crippen LogP contribution in [0, 0.1) is 0 Å². The van der Waals surface area contributed by atoms with Crippen molar-refractivity contribution >= 4 is 29.2 Å². The molecule has 7 heteroatoms. The molecule has 0 saturated carbocycles. The molecule has 2 atom stereocenters. The average molecular weight is 436 g/mol. The minimum Gasteiger partial charge on any atom is -0.486 e. The van der Waals surface area contributed by atoms with Gasteiger partial charge in [-0.25, -0.2) is 0 Å². The summed E-state index contributed by atoms with van der Waals surface area (Å²) < 4.78 is 11.3. The third-order valence-electron chi connectivity index (χ3n) is 5.60. The number of hydrogen-bond acceptors (Lipinski definition) is 4. The Morgan fingerprint density at radius 1 is 0.968 bits per heavy atom. The molecule has 0 fully saturated rings. The van der Waals surface area contributed by atoms with Crippen LogP contribution >= 0.6 is 11.6 Å². The lowest BCUT2D eigenvalue weighted by Crippen LogP contribution is -2.45. The largest absolute Gasteiger partial charge is 0.486 e. The second-order valence-corrected chi connectivity index (χ2v) is 7.84. The highest BCUT2D eigenvalue weighted by Crippen LogP contribution is 2.47. The van der Waals surface area contributed by atoms with E-state index in [2.05, 4.69) is 0 Å². The van der Waals surface area contributed by atoms with Gasteiger partial charge in [0.1, 0.15) is 19.1 Å². The highest BCUT2D eigenvalue weighted by Gasteiger charge is 2.45. The summed E-state index contributed by atoms with van der Waals surface area (Å²) in [4.78, 5) is 27.6. The van der Waals surface area contributed by atoms with Crippen molar-refractivity contribution in [1.29, 1.82) is 0 Å². The fourth-order valence-corrected chi connectivity index (χ4v) is 4.48. The number of rotatable bonds is 3. The Morgan fingerprint density at radius 2 is 1.74 bits per heavy atom. The van der Waals surface area contributed by atoms with E-state index in [1.165, 1.54) is 4.90 Å². The Morgan fingerprint density at radius 3 is 2.52 bits per heavy atom. The van der Waals surface area contributed by atoms with Gasteiger partial charge in [0.15, 0.2) is 11.5 Å². The minimum absolute atomic E-state index is 0.282. The second kappa shape index (κ2) is 7.63. The highest BCUT2D eigenvalue weighted by atomic mass is 35.5. The predicted octanol–water partition coefficient (Wildman–Crippen LogP) is 4.68. The maximum atomic E-state index is 13.6. The molecule has 2 aliphatic heterocycles. The molecule has 0 bridgehead atoms. The van der Waals surface area contributed by atoms with Gasteiger partial charge in [-0.05, 0) is 47.5 Å². The van der Waals surface area contributed by atoms with Crippen LogP contribution in [-0.4, -0.2) is 30.2 Å². The van der Waals surface area contributed by atoms with Crippen molar-refractivity contribution in [3.05, 3.63) is 88.4 Å². The van der Waals surface area contributed by atoms with Crippen LogP contribution in [0.1, 0.15) is 33.4 Å². The van der Waals surface area contributed by atoms with Crippen LogP contribution < -0.4 is 14.4 Å². The van der Waals surface area contributed by atoms with Crippen molar-refractivity contribution in [1.82, 2.24) is 0 Å². The molecule has 0 aliphatic carbocycles. The summed E-state index contributed by atoms with van der Waals surface area (Å²) in [5, 5.41) is 10.7. The first-order valence-electron chi connectivity index (χ1n) is 9.85. The molecule has 0 spiro atoms. The van der Waals surface area contributed by atoms with Crippen molar-refractivity contribution in [2.45, 2.75) is 12.0 Å². The number of carboxylic acid groups (broad SMARTS) is 1. The van der Waals surface area contributed by atoms with E-state index >= 15 is 0 Å². The zero-order valence-electron chi connectivity index (χ0n) is 16.3. The molecule has 3 aromatic carbocycles. The minimum atomic E-state index is -1.02. The summed E-state index contributed by atoms with van der Waals surface area (Å²) in [7, 11) is 0. The van der Waals surface area contributed by atoms with Gasteiger partial charge in [-0.1, -0.05) is 41.9 Å². The van der Waals surface area contributed by atoms with E-state index in [0.717, 1.165) is 0 Å². The van der Waals surface area contributed by atoms with Gasteiger partial charge in [0, 0.05) is 16.3 Å². The lowest BCUT2D eigenvalue weighted by atomic mass is 9.79. The van der Waals surface area contributed by atoms with Crippen LogP contribution in [0.15, 0.2) is 66.7 Å². The Hall–Kier alpha value is -3.51. The Kier molecular flexibility index (Phi) is 4.79. The number of halogens is 1. The molecule has 1 amide bonds. The summed E-state index contributed by atoms with van der Waals surface area (Å²) in [6.45, 7) is 0.858.